The van der Waals surface area contributed by atoms with Gasteiger partial charge >= 0.3 is 0 Å². The van der Waals surface area contributed by atoms with Crippen LogP contribution in [0.25, 0.3) is 11.3 Å². The molecule has 11 heteroatoms. The fraction of sp³-hybridized carbons (Fsp3) is 0.455. The predicted molar refractivity (Wildman–Crippen MR) is 176 cm³/mol. The number of carbonyl (C=O) groups excluding carboxylic acids is 2. The van der Waals surface area contributed by atoms with Crippen LogP contribution in [0.15, 0.2) is 48.7 Å². The van der Waals surface area contributed by atoms with Gasteiger partial charge in [0.05, 0.1) is 22.2 Å². The number of hydrogen-bond acceptors (Lipinski definition) is 8. The molecule has 44 heavy (non-hydrogen) atoms. The fourth-order valence-corrected chi connectivity index (χ4v) is 6.97. The van der Waals surface area contributed by atoms with E-state index in [4.69, 9.17) is 28.9 Å². The van der Waals surface area contributed by atoms with Crippen molar-refractivity contribution >= 4 is 52.3 Å². The van der Waals surface area contributed by atoms with Gasteiger partial charge in [0, 0.05) is 49.4 Å². The molecule has 9 nitrogen and oxygen atoms in total. The summed E-state index contributed by atoms with van der Waals surface area (Å²) in [6.07, 6.45) is 6.99. The largest absolute Gasteiger partial charge is 0.382 e. The second-order valence-electron chi connectivity index (χ2n) is 12.5. The third-order valence-electron chi connectivity index (χ3n) is 9.49. The summed E-state index contributed by atoms with van der Waals surface area (Å²) >= 11 is 12.6. The first-order valence-electron chi connectivity index (χ1n) is 15.4. The number of nitrogens with one attached hydrogen (secondary N) is 2. The number of hydrogen-bond donors (Lipinski definition) is 3. The lowest BCUT2D eigenvalue weighted by atomic mass is 9.87. The number of aromatic nitrogens is 2. The molecule has 232 valence electrons. The molecule has 0 bridgehead atoms. The van der Waals surface area contributed by atoms with E-state index in [1.807, 2.05) is 24.3 Å². The number of nitrogen functional groups attached to an aromatic ring is 1. The van der Waals surface area contributed by atoms with Crippen LogP contribution in [0.5, 0.6) is 0 Å². The van der Waals surface area contributed by atoms with Crippen LogP contribution >= 0.6 is 23.2 Å². The lowest BCUT2D eigenvalue weighted by Crippen LogP contribution is -2.53. The molecule has 0 spiro atoms. The van der Waals surface area contributed by atoms with Gasteiger partial charge in [0.25, 0.3) is 0 Å². The molecular formula is C33H39Cl2N7O2. The zero-order chi connectivity index (χ0) is 30.8. The molecule has 3 saturated heterocycles. The van der Waals surface area contributed by atoms with Crippen molar-refractivity contribution in [3.05, 3.63) is 64.3 Å². The third kappa shape index (κ3) is 6.65. The number of rotatable bonds is 7. The lowest BCUT2D eigenvalue weighted by molar-refractivity contribution is -0.134. The van der Waals surface area contributed by atoms with Crippen molar-refractivity contribution in [3.63, 3.8) is 0 Å². The Morgan fingerprint density at radius 1 is 1.02 bits per heavy atom. The summed E-state index contributed by atoms with van der Waals surface area (Å²) < 4.78 is 0. The summed E-state index contributed by atoms with van der Waals surface area (Å²) in [6, 6.07) is 13.7. The summed E-state index contributed by atoms with van der Waals surface area (Å²) in [5.74, 6) is 1.13. The molecule has 1 aromatic heterocycles. The number of imide groups is 1. The molecule has 1 unspecified atom stereocenters. The Bertz CT molecular complexity index is 1530. The topological polar surface area (TPSA) is 116 Å². The highest BCUT2D eigenvalue weighted by Gasteiger charge is 2.32. The maximum atomic E-state index is 12.4. The van der Waals surface area contributed by atoms with Crippen LogP contribution in [0.2, 0.25) is 10.0 Å². The minimum Gasteiger partial charge on any atom is -0.382 e. The standard InChI is InChI=1S/C33H39Cl2N7O2/c1-33(12-16-42(17-13-33)27-20-37-30(31(36)39-27)25-6-3-7-26(34)29(25)35)38-19-21-10-14-41(15-11-21)23-5-2-4-22(18-23)24-8-9-28(43)40-32(24)44/h2-7,18,20-21,24,38H,8-17,19H2,1H3,(H2,36,39)(H,40,43,44). The molecule has 3 aromatic rings. The third-order valence-corrected chi connectivity index (χ3v) is 10.3. The summed E-state index contributed by atoms with van der Waals surface area (Å²) in [6.45, 7) is 7.05. The monoisotopic (exact) mass is 635 g/mol. The van der Waals surface area contributed by atoms with E-state index in [0.29, 0.717) is 45.9 Å². The first kappa shape index (κ1) is 30.6. The predicted octanol–water partition coefficient (Wildman–Crippen LogP) is 5.42. The molecule has 3 fully saturated rings. The van der Waals surface area contributed by atoms with Crippen LogP contribution in [0, 0.1) is 5.92 Å². The minimum atomic E-state index is -0.252. The van der Waals surface area contributed by atoms with E-state index in [1.165, 1.54) is 0 Å². The van der Waals surface area contributed by atoms with Crippen LogP contribution in [0.3, 0.4) is 0 Å². The molecule has 3 aliphatic rings. The lowest BCUT2D eigenvalue weighted by Gasteiger charge is -2.42. The van der Waals surface area contributed by atoms with Gasteiger partial charge in [0.2, 0.25) is 11.8 Å². The Balaban J connectivity index is 0.983. The smallest absolute Gasteiger partial charge is 0.234 e. The SMILES string of the molecule is CC1(NCC2CCN(c3cccc(C4CCC(=O)NC4=O)c3)CC2)CCN(c2cnc(-c3cccc(Cl)c3Cl)c(N)n2)CC1. The highest BCUT2D eigenvalue weighted by Crippen LogP contribution is 2.36. The first-order valence-corrected chi connectivity index (χ1v) is 16.2. The van der Waals surface area contributed by atoms with Gasteiger partial charge in [0.15, 0.2) is 5.82 Å². The zero-order valence-corrected chi connectivity index (χ0v) is 26.5. The van der Waals surface area contributed by atoms with Gasteiger partial charge in [-0.1, -0.05) is 47.5 Å². The fourth-order valence-electron chi connectivity index (χ4n) is 6.58. The van der Waals surface area contributed by atoms with E-state index < -0.39 is 0 Å². The molecule has 0 saturated carbocycles. The van der Waals surface area contributed by atoms with Gasteiger partial charge < -0.3 is 20.9 Å². The van der Waals surface area contributed by atoms with Crippen LogP contribution in [-0.2, 0) is 9.59 Å². The quantitative estimate of drug-likeness (QED) is 0.295. The van der Waals surface area contributed by atoms with Crippen LogP contribution < -0.4 is 26.2 Å². The van der Waals surface area contributed by atoms with E-state index in [1.54, 1.807) is 12.3 Å². The highest BCUT2D eigenvalue weighted by molar-refractivity contribution is 6.43. The van der Waals surface area contributed by atoms with Crippen LogP contribution in [0.4, 0.5) is 17.3 Å². The Morgan fingerprint density at radius 2 is 1.77 bits per heavy atom. The average Bonchev–Trinajstić information content (AvgIpc) is 3.02. The van der Waals surface area contributed by atoms with Crippen LogP contribution in [0.1, 0.15) is 56.9 Å². The van der Waals surface area contributed by atoms with Crippen molar-refractivity contribution in [1.29, 1.82) is 0 Å². The molecule has 6 rings (SSSR count). The van der Waals surface area contributed by atoms with Gasteiger partial charge in [-0.3, -0.25) is 14.9 Å². The Hall–Kier alpha value is -3.40. The number of piperidine rings is 3. The number of benzene rings is 2. The zero-order valence-electron chi connectivity index (χ0n) is 25.0. The summed E-state index contributed by atoms with van der Waals surface area (Å²) in [5, 5.41) is 7.27. The van der Waals surface area contributed by atoms with Crippen molar-refractivity contribution < 1.29 is 9.59 Å². The van der Waals surface area contributed by atoms with Gasteiger partial charge in [-0.15, -0.1) is 0 Å². The molecule has 3 aliphatic heterocycles. The van der Waals surface area contributed by atoms with Gasteiger partial charge in [0.1, 0.15) is 11.5 Å². The van der Waals surface area contributed by atoms with Crippen molar-refractivity contribution in [2.75, 3.05) is 48.3 Å². The van der Waals surface area contributed by atoms with Gasteiger partial charge in [-0.2, -0.15) is 0 Å². The number of anilines is 3. The molecule has 4 N–H and O–H groups in total. The normalized spacial score (nSPS) is 20.9. The van der Waals surface area contributed by atoms with E-state index in [0.717, 1.165) is 75.5 Å². The van der Waals surface area contributed by atoms with Crippen molar-refractivity contribution in [2.45, 2.75) is 56.9 Å². The van der Waals surface area contributed by atoms with Crippen molar-refractivity contribution in [3.8, 4) is 11.3 Å². The average molecular weight is 637 g/mol. The van der Waals surface area contributed by atoms with Gasteiger partial charge in [-0.25, -0.2) is 9.97 Å². The number of amides is 2. The van der Waals surface area contributed by atoms with E-state index in [9.17, 15) is 9.59 Å². The van der Waals surface area contributed by atoms with E-state index in [-0.39, 0.29) is 23.3 Å². The molecule has 1 atom stereocenters. The Kier molecular flexibility index (Phi) is 8.98. The minimum absolute atomic E-state index is 0.0666. The Labute approximate surface area is 268 Å². The van der Waals surface area contributed by atoms with Gasteiger partial charge in [-0.05, 0) is 75.3 Å². The van der Waals surface area contributed by atoms with Crippen molar-refractivity contribution in [2.24, 2.45) is 5.92 Å². The first-order chi connectivity index (χ1) is 21.2. The summed E-state index contributed by atoms with van der Waals surface area (Å²) in [7, 11) is 0. The molecule has 0 radical (unpaired) electrons. The van der Waals surface area contributed by atoms with Crippen molar-refractivity contribution in [1.82, 2.24) is 20.6 Å². The number of halogens is 2. The van der Waals surface area contributed by atoms with E-state index >= 15 is 0 Å². The molecular weight excluding hydrogens is 597 g/mol. The number of carbonyl (C=O) groups is 2. The maximum absolute atomic E-state index is 12.4. The number of nitrogens with two attached hydrogens (primary N) is 1. The maximum Gasteiger partial charge on any atom is 0.234 e. The number of nitrogens with zero attached hydrogens (tertiary/aromatic N) is 4. The summed E-state index contributed by atoms with van der Waals surface area (Å²) in [4.78, 5) is 37.9. The van der Waals surface area contributed by atoms with E-state index in [2.05, 4.69) is 49.5 Å². The second-order valence-corrected chi connectivity index (χ2v) is 13.3. The highest BCUT2D eigenvalue weighted by atomic mass is 35.5. The summed E-state index contributed by atoms with van der Waals surface area (Å²) in [5.41, 5.74) is 9.75. The molecule has 0 aliphatic carbocycles. The molecule has 2 aromatic carbocycles. The molecule has 4 heterocycles. The van der Waals surface area contributed by atoms with Crippen LogP contribution in [-0.4, -0.2) is 60.0 Å². The Morgan fingerprint density at radius 3 is 2.50 bits per heavy atom. The second kappa shape index (κ2) is 12.9. The molecule has 2 amide bonds.